The van der Waals surface area contributed by atoms with Crippen LogP contribution >= 0.6 is 11.8 Å². The van der Waals surface area contributed by atoms with E-state index in [-0.39, 0.29) is 15.7 Å². The number of aliphatic hydroxyl groups excluding tert-OH is 1. The van der Waals surface area contributed by atoms with Crippen molar-refractivity contribution in [3.05, 3.63) is 33.1 Å². The predicted octanol–water partition coefficient (Wildman–Crippen LogP) is 2.31. The van der Waals surface area contributed by atoms with Gasteiger partial charge in [-0.1, -0.05) is 27.7 Å². The molecule has 4 atom stereocenters. The number of rotatable bonds is 4. The van der Waals surface area contributed by atoms with Crippen LogP contribution in [0.2, 0.25) is 18.1 Å². The van der Waals surface area contributed by atoms with Gasteiger partial charge in [0.2, 0.25) is 0 Å². The Morgan fingerprint density at radius 3 is 2.50 bits per heavy atom. The van der Waals surface area contributed by atoms with Gasteiger partial charge in [-0.15, -0.1) is 11.8 Å². The first-order chi connectivity index (χ1) is 11.0. The zero-order valence-electron chi connectivity index (χ0n) is 15.2. The molecule has 2 rings (SSSR count). The van der Waals surface area contributed by atoms with Crippen LogP contribution in [0.3, 0.4) is 0 Å². The lowest BCUT2D eigenvalue weighted by Crippen LogP contribution is -2.49. The van der Waals surface area contributed by atoms with Crippen LogP contribution in [0.1, 0.15) is 39.5 Å². The molecular formula is C16H28N2O4SSi. The molecule has 1 aromatic heterocycles. The minimum absolute atomic E-state index is 0.00218. The topological polar surface area (TPSA) is 84.3 Å². The van der Waals surface area contributed by atoms with E-state index in [9.17, 15) is 14.7 Å². The van der Waals surface area contributed by atoms with Crippen molar-refractivity contribution in [2.45, 2.75) is 75.1 Å². The van der Waals surface area contributed by atoms with Gasteiger partial charge >= 0.3 is 5.69 Å². The van der Waals surface area contributed by atoms with Crippen molar-refractivity contribution >= 4 is 20.1 Å². The fourth-order valence-electron chi connectivity index (χ4n) is 2.55. The maximum absolute atomic E-state index is 12.2. The summed E-state index contributed by atoms with van der Waals surface area (Å²) in [5, 5.41) is 10.4. The maximum Gasteiger partial charge on any atom is 0.329 e. The van der Waals surface area contributed by atoms with E-state index in [0.717, 1.165) is 6.42 Å². The standard InChI is InChI=1S/C16H28N2O4SSi/c1-7-10-12(20)13(22-24(5,6)16(2,3)4)14(23-10)18-9-8-11(19)17-15(18)21/h8-10,12-14,20H,7H2,1-6H3,(H,17,19,21)/t10-,12-,13-,14-/m1/s1. The average Bonchev–Trinajstić information content (AvgIpc) is 2.74. The summed E-state index contributed by atoms with van der Waals surface area (Å²) in [5.41, 5.74) is -0.888. The minimum atomic E-state index is -2.12. The summed E-state index contributed by atoms with van der Waals surface area (Å²) in [6.45, 7) is 12.7. The lowest BCUT2D eigenvalue weighted by molar-refractivity contribution is 0.0246. The van der Waals surface area contributed by atoms with Crippen molar-refractivity contribution in [2.75, 3.05) is 0 Å². The predicted molar refractivity (Wildman–Crippen MR) is 100 cm³/mol. The second-order valence-electron chi connectivity index (χ2n) is 7.82. The molecular weight excluding hydrogens is 344 g/mol. The van der Waals surface area contributed by atoms with Crippen molar-refractivity contribution in [2.24, 2.45) is 0 Å². The lowest BCUT2D eigenvalue weighted by atomic mass is 10.1. The van der Waals surface area contributed by atoms with E-state index in [0.29, 0.717) is 0 Å². The highest BCUT2D eigenvalue weighted by Gasteiger charge is 2.49. The van der Waals surface area contributed by atoms with Crippen molar-refractivity contribution in [3.8, 4) is 0 Å². The highest BCUT2D eigenvalue weighted by Crippen LogP contribution is 2.47. The Balaban J connectivity index is 2.41. The molecule has 1 aliphatic rings. The number of hydrogen-bond donors (Lipinski definition) is 2. The molecule has 2 N–H and O–H groups in total. The summed E-state index contributed by atoms with van der Waals surface area (Å²) in [5.74, 6) is 0. The number of hydrogen-bond acceptors (Lipinski definition) is 5. The molecule has 1 aromatic rings. The lowest BCUT2D eigenvalue weighted by Gasteiger charge is -2.40. The van der Waals surface area contributed by atoms with Crippen LogP contribution in [0.5, 0.6) is 0 Å². The Morgan fingerprint density at radius 2 is 2.00 bits per heavy atom. The Labute approximate surface area is 147 Å². The maximum atomic E-state index is 12.2. The fraction of sp³-hybridized carbons (Fsp3) is 0.750. The number of aliphatic hydroxyl groups is 1. The first kappa shape index (κ1) is 19.5. The number of nitrogens with one attached hydrogen (secondary N) is 1. The van der Waals surface area contributed by atoms with Crippen LogP contribution < -0.4 is 11.2 Å². The van der Waals surface area contributed by atoms with Gasteiger partial charge in [-0.3, -0.25) is 14.3 Å². The monoisotopic (exact) mass is 372 g/mol. The summed E-state index contributed by atoms with van der Waals surface area (Å²) in [6.07, 6.45) is 1.17. The quantitative estimate of drug-likeness (QED) is 0.792. The summed E-state index contributed by atoms with van der Waals surface area (Å²) in [7, 11) is -2.12. The van der Waals surface area contributed by atoms with E-state index >= 15 is 0 Å². The number of aromatic nitrogens is 2. The summed E-state index contributed by atoms with van der Waals surface area (Å²) in [6, 6.07) is 1.33. The second kappa shape index (κ2) is 6.82. The van der Waals surface area contributed by atoms with Gasteiger partial charge < -0.3 is 9.53 Å². The van der Waals surface area contributed by atoms with Gasteiger partial charge in [0.1, 0.15) is 11.5 Å². The van der Waals surface area contributed by atoms with E-state index in [1.807, 2.05) is 6.92 Å². The third kappa shape index (κ3) is 3.71. The average molecular weight is 373 g/mol. The molecule has 1 fully saturated rings. The minimum Gasteiger partial charge on any atom is -0.408 e. The van der Waals surface area contributed by atoms with Crippen LogP contribution in [-0.4, -0.2) is 40.4 Å². The first-order valence-electron chi connectivity index (χ1n) is 8.31. The molecule has 0 spiro atoms. The number of H-pyrrole nitrogens is 1. The smallest absolute Gasteiger partial charge is 0.329 e. The molecule has 0 amide bonds. The Morgan fingerprint density at radius 1 is 1.38 bits per heavy atom. The Bertz CT molecular complexity index is 694. The van der Waals surface area contributed by atoms with Crippen molar-refractivity contribution in [1.29, 1.82) is 0 Å². The third-order valence-electron chi connectivity index (χ3n) is 5.08. The number of aromatic amines is 1. The molecule has 8 heteroatoms. The largest absolute Gasteiger partial charge is 0.408 e. The first-order valence-corrected chi connectivity index (χ1v) is 12.2. The van der Waals surface area contributed by atoms with Gasteiger partial charge in [-0.2, -0.15) is 0 Å². The van der Waals surface area contributed by atoms with E-state index in [1.165, 1.54) is 28.6 Å². The van der Waals surface area contributed by atoms with Gasteiger partial charge in [0.15, 0.2) is 8.32 Å². The summed E-state index contributed by atoms with van der Waals surface area (Å²) >= 11 is 1.54. The van der Waals surface area contributed by atoms with Crippen LogP contribution in [0, 0.1) is 0 Å². The molecule has 2 heterocycles. The van der Waals surface area contributed by atoms with Gasteiger partial charge in [0.05, 0.1) is 6.10 Å². The third-order valence-corrected chi connectivity index (χ3v) is 11.3. The molecule has 24 heavy (non-hydrogen) atoms. The molecule has 0 aliphatic carbocycles. The van der Waals surface area contributed by atoms with Crippen LogP contribution in [0.15, 0.2) is 21.9 Å². The summed E-state index contributed by atoms with van der Waals surface area (Å²) < 4.78 is 7.95. The zero-order chi connectivity index (χ0) is 18.3. The molecule has 136 valence electrons. The van der Waals surface area contributed by atoms with E-state index in [2.05, 4.69) is 38.8 Å². The normalized spacial score (nSPS) is 28.3. The van der Waals surface area contributed by atoms with E-state index < -0.39 is 31.8 Å². The molecule has 0 unspecified atom stereocenters. The highest BCUT2D eigenvalue weighted by atomic mass is 32.2. The summed E-state index contributed by atoms with van der Waals surface area (Å²) in [4.78, 5) is 25.8. The van der Waals surface area contributed by atoms with Gasteiger partial charge in [0.25, 0.3) is 5.56 Å². The van der Waals surface area contributed by atoms with Crippen LogP contribution in [0.25, 0.3) is 0 Å². The molecule has 6 nitrogen and oxygen atoms in total. The molecule has 0 bridgehead atoms. The van der Waals surface area contributed by atoms with E-state index in [1.54, 1.807) is 0 Å². The number of thioether (sulfide) groups is 1. The molecule has 0 saturated carbocycles. The van der Waals surface area contributed by atoms with Gasteiger partial charge in [-0.25, -0.2) is 4.79 Å². The van der Waals surface area contributed by atoms with Crippen molar-refractivity contribution < 1.29 is 9.53 Å². The van der Waals surface area contributed by atoms with Crippen LogP contribution in [0.4, 0.5) is 0 Å². The van der Waals surface area contributed by atoms with Crippen molar-refractivity contribution in [1.82, 2.24) is 9.55 Å². The number of nitrogens with zero attached hydrogens (tertiary/aromatic N) is 1. The van der Waals surface area contributed by atoms with Crippen LogP contribution in [-0.2, 0) is 4.43 Å². The highest BCUT2D eigenvalue weighted by molar-refractivity contribution is 8.00. The Hall–Kier alpha value is -0.833. The fourth-order valence-corrected chi connectivity index (χ4v) is 5.49. The second-order valence-corrected chi connectivity index (χ2v) is 13.9. The molecule has 1 aliphatic heterocycles. The van der Waals surface area contributed by atoms with Gasteiger partial charge in [0, 0.05) is 17.5 Å². The Kier molecular flexibility index (Phi) is 5.54. The molecule has 0 aromatic carbocycles. The van der Waals surface area contributed by atoms with Crippen molar-refractivity contribution in [3.63, 3.8) is 0 Å². The molecule has 0 radical (unpaired) electrons. The zero-order valence-corrected chi connectivity index (χ0v) is 17.0. The van der Waals surface area contributed by atoms with E-state index in [4.69, 9.17) is 4.43 Å². The molecule has 1 saturated heterocycles. The van der Waals surface area contributed by atoms with Gasteiger partial charge in [-0.05, 0) is 24.6 Å². The SMILES string of the molecule is CC[C@H]1S[C@@H](n2ccc(=O)[nH]c2=O)[C@H](O[Si](C)(C)C(C)(C)C)[C@@H]1O.